The van der Waals surface area contributed by atoms with Gasteiger partial charge in [0.05, 0.1) is 16.6 Å². The van der Waals surface area contributed by atoms with Gasteiger partial charge in [-0.25, -0.2) is 16.8 Å². The smallest absolute Gasteiger partial charge is 0.229 e. The van der Waals surface area contributed by atoms with Gasteiger partial charge in [-0.05, 0) is 43.4 Å². The number of nitrogens with zero attached hydrogens (tertiary/aromatic N) is 1. The van der Waals surface area contributed by atoms with Crippen LogP contribution in [-0.4, -0.2) is 44.7 Å². The molecule has 2 aliphatic rings. The van der Waals surface area contributed by atoms with Crippen LogP contribution in [0.1, 0.15) is 36.8 Å². The van der Waals surface area contributed by atoms with E-state index in [1.54, 1.807) is 0 Å². The van der Waals surface area contributed by atoms with Gasteiger partial charge >= 0.3 is 6.18 Å². The number of hydrogen-bond acceptors (Lipinski definition) is 4. The molecule has 2 atom stereocenters. The van der Waals surface area contributed by atoms with Crippen LogP contribution < -0.4 is 0 Å². The van der Waals surface area contributed by atoms with Gasteiger partial charge in [-0.1, -0.05) is 12.1 Å². The number of benzene rings is 1. The van der Waals surface area contributed by atoms with Crippen molar-refractivity contribution in [3.05, 3.63) is 35.4 Å². The standard InChI is InChI=1S/C16H20F3NO4S2/c1-25(21,22)15-8-13-6-7-14(9-15)20(13)26(23,24)10-11-2-4-12(5-3-11)16(17,18)19/h2-5,13-15H,6-10H2,1H3. The van der Waals surface area contributed by atoms with Crippen LogP contribution in [0.4, 0.5) is 13.2 Å². The molecule has 0 spiro atoms. The molecule has 2 heterocycles. The van der Waals surface area contributed by atoms with Crippen LogP contribution in [-0.2, 0) is 31.8 Å². The summed E-state index contributed by atoms with van der Waals surface area (Å²) in [5.41, 5.74) is -0.546. The first-order valence-electron chi connectivity index (χ1n) is 8.24. The Kier molecular flexibility index (Phi) is 4.90. The minimum absolute atomic E-state index is 0.279. The van der Waals surface area contributed by atoms with Crippen molar-refractivity contribution in [1.29, 1.82) is 0 Å². The first-order valence-corrected chi connectivity index (χ1v) is 11.8. The largest absolute Gasteiger partial charge is 0.416 e. The average molecular weight is 411 g/mol. The Morgan fingerprint density at radius 1 is 1.00 bits per heavy atom. The van der Waals surface area contributed by atoms with E-state index in [-0.39, 0.29) is 36.2 Å². The summed E-state index contributed by atoms with van der Waals surface area (Å²) in [4.78, 5) is 0. The molecule has 0 aliphatic carbocycles. The Morgan fingerprint density at radius 2 is 1.50 bits per heavy atom. The molecule has 0 amide bonds. The number of rotatable bonds is 4. The van der Waals surface area contributed by atoms with Crippen molar-refractivity contribution in [3.8, 4) is 0 Å². The van der Waals surface area contributed by atoms with Crippen LogP contribution >= 0.6 is 0 Å². The number of piperidine rings is 1. The SMILES string of the molecule is CS(=O)(=O)C1CC2CCC(C1)N2S(=O)(=O)Cc1ccc(C(F)(F)F)cc1. The Labute approximate surface area is 151 Å². The number of hydrogen-bond donors (Lipinski definition) is 0. The summed E-state index contributed by atoms with van der Waals surface area (Å²) in [7, 11) is -6.96. The van der Waals surface area contributed by atoms with Crippen LogP contribution in [0.25, 0.3) is 0 Å². The minimum Gasteiger partial charge on any atom is -0.229 e. The summed E-state index contributed by atoms with van der Waals surface area (Å²) < 4.78 is 88.5. The molecule has 0 aromatic heterocycles. The molecular formula is C16H20F3NO4S2. The molecule has 10 heteroatoms. The van der Waals surface area contributed by atoms with Crippen LogP contribution in [0.15, 0.2) is 24.3 Å². The van der Waals surface area contributed by atoms with E-state index in [0.717, 1.165) is 12.1 Å². The lowest BCUT2D eigenvalue weighted by Gasteiger charge is -2.37. The van der Waals surface area contributed by atoms with Crippen molar-refractivity contribution in [3.63, 3.8) is 0 Å². The van der Waals surface area contributed by atoms with E-state index in [9.17, 15) is 30.0 Å². The fourth-order valence-corrected chi connectivity index (χ4v) is 7.16. The van der Waals surface area contributed by atoms with E-state index in [1.807, 2.05) is 0 Å². The highest BCUT2D eigenvalue weighted by atomic mass is 32.2. The zero-order valence-electron chi connectivity index (χ0n) is 14.1. The third-order valence-electron chi connectivity index (χ3n) is 5.18. The average Bonchev–Trinajstić information content (AvgIpc) is 2.77. The summed E-state index contributed by atoms with van der Waals surface area (Å²) in [6.45, 7) is 0. The van der Waals surface area contributed by atoms with Crippen molar-refractivity contribution in [2.45, 2.75) is 54.9 Å². The second-order valence-corrected chi connectivity index (χ2v) is 11.3. The number of alkyl halides is 3. The van der Waals surface area contributed by atoms with E-state index < -0.39 is 36.9 Å². The van der Waals surface area contributed by atoms with Crippen LogP contribution in [0, 0.1) is 0 Å². The van der Waals surface area contributed by atoms with E-state index >= 15 is 0 Å². The lowest BCUT2D eigenvalue weighted by Crippen LogP contribution is -2.49. The molecule has 2 aliphatic heterocycles. The second-order valence-electron chi connectivity index (χ2n) is 7.09. The molecule has 2 fully saturated rings. The molecule has 1 aromatic carbocycles. The second kappa shape index (κ2) is 6.49. The summed E-state index contributed by atoms with van der Waals surface area (Å²) in [6.07, 6.45) is -1.51. The van der Waals surface area contributed by atoms with Gasteiger partial charge in [-0.2, -0.15) is 17.5 Å². The van der Waals surface area contributed by atoms with E-state index in [4.69, 9.17) is 0 Å². The van der Waals surface area contributed by atoms with Gasteiger partial charge < -0.3 is 0 Å². The Bertz CT molecular complexity index is 865. The fraction of sp³-hybridized carbons (Fsp3) is 0.625. The molecule has 0 N–H and O–H groups in total. The van der Waals surface area contributed by atoms with Gasteiger partial charge in [0, 0.05) is 18.3 Å². The van der Waals surface area contributed by atoms with Gasteiger partial charge in [0.15, 0.2) is 0 Å². The van der Waals surface area contributed by atoms with Gasteiger partial charge in [0.2, 0.25) is 10.0 Å². The first-order chi connectivity index (χ1) is 11.9. The van der Waals surface area contributed by atoms with Crippen LogP contribution in [0.3, 0.4) is 0 Å². The molecule has 0 saturated carbocycles. The molecule has 146 valence electrons. The molecule has 2 saturated heterocycles. The fourth-order valence-electron chi connectivity index (χ4n) is 3.96. The first kappa shape index (κ1) is 19.6. The van der Waals surface area contributed by atoms with Crippen LogP contribution in [0.2, 0.25) is 0 Å². The summed E-state index contributed by atoms with van der Waals surface area (Å²) >= 11 is 0. The highest BCUT2D eigenvalue weighted by Gasteiger charge is 2.48. The van der Waals surface area contributed by atoms with Gasteiger partial charge in [0.25, 0.3) is 0 Å². The maximum absolute atomic E-state index is 12.8. The number of sulfonamides is 1. The Hall–Kier alpha value is -1.13. The summed E-state index contributed by atoms with van der Waals surface area (Å²) in [5, 5.41) is -0.530. The Balaban J connectivity index is 1.77. The molecule has 2 bridgehead atoms. The zero-order chi connectivity index (χ0) is 19.3. The third kappa shape index (κ3) is 3.91. The lowest BCUT2D eigenvalue weighted by atomic mass is 10.1. The summed E-state index contributed by atoms with van der Waals surface area (Å²) in [6, 6.07) is 3.38. The van der Waals surface area contributed by atoms with Crippen molar-refractivity contribution < 1.29 is 30.0 Å². The van der Waals surface area contributed by atoms with E-state index in [2.05, 4.69) is 0 Å². The maximum Gasteiger partial charge on any atom is 0.416 e. The predicted octanol–water partition coefficient (Wildman–Crippen LogP) is 2.58. The molecule has 0 radical (unpaired) electrons. The van der Waals surface area contributed by atoms with Gasteiger partial charge in [-0.15, -0.1) is 0 Å². The number of halogens is 3. The highest BCUT2D eigenvalue weighted by Crippen LogP contribution is 2.40. The van der Waals surface area contributed by atoms with Gasteiger partial charge in [0.1, 0.15) is 9.84 Å². The third-order valence-corrected chi connectivity index (χ3v) is 8.71. The van der Waals surface area contributed by atoms with Crippen molar-refractivity contribution in [2.24, 2.45) is 0 Å². The van der Waals surface area contributed by atoms with Crippen LogP contribution in [0.5, 0.6) is 0 Å². The monoisotopic (exact) mass is 411 g/mol. The molecule has 26 heavy (non-hydrogen) atoms. The highest BCUT2D eigenvalue weighted by molar-refractivity contribution is 7.91. The minimum atomic E-state index is -4.47. The molecule has 5 nitrogen and oxygen atoms in total. The quantitative estimate of drug-likeness (QED) is 0.764. The summed E-state index contributed by atoms with van der Waals surface area (Å²) in [5.74, 6) is -0.387. The number of sulfone groups is 1. The molecular weight excluding hydrogens is 391 g/mol. The zero-order valence-corrected chi connectivity index (χ0v) is 15.7. The molecule has 2 unspecified atom stereocenters. The molecule has 3 rings (SSSR count). The van der Waals surface area contributed by atoms with Crippen molar-refractivity contribution >= 4 is 19.9 Å². The normalized spacial score (nSPS) is 27.6. The van der Waals surface area contributed by atoms with Crippen molar-refractivity contribution in [2.75, 3.05) is 6.26 Å². The lowest BCUT2D eigenvalue weighted by molar-refractivity contribution is -0.137. The number of fused-ring (bicyclic) bond motifs is 2. The maximum atomic E-state index is 12.8. The van der Waals surface area contributed by atoms with Crippen molar-refractivity contribution in [1.82, 2.24) is 4.31 Å². The molecule has 1 aromatic rings. The predicted molar refractivity (Wildman–Crippen MR) is 90.6 cm³/mol. The topological polar surface area (TPSA) is 71.5 Å². The van der Waals surface area contributed by atoms with E-state index in [1.165, 1.54) is 22.7 Å². The van der Waals surface area contributed by atoms with Gasteiger partial charge in [-0.3, -0.25) is 0 Å². The Morgan fingerprint density at radius 3 is 1.92 bits per heavy atom. The van der Waals surface area contributed by atoms with E-state index in [0.29, 0.717) is 12.8 Å².